The molecule has 0 bridgehead atoms. The van der Waals surface area contributed by atoms with Crippen LogP contribution >= 0.6 is 11.3 Å². The van der Waals surface area contributed by atoms with Gasteiger partial charge in [-0.15, -0.1) is 10.2 Å². The number of carbonyl (C=O) groups excluding carboxylic acids is 1. The number of para-hydroxylation sites is 1. The molecule has 3 aromatic rings. The predicted molar refractivity (Wildman–Crippen MR) is 100 cm³/mol. The summed E-state index contributed by atoms with van der Waals surface area (Å²) >= 11 is 1.40. The molecule has 0 saturated carbocycles. The molecule has 5 nitrogen and oxygen atoms in total. The highest BCUT2D eigenvalue weighted by molar-refractivity contribution is 7.15. The number of hydrogen-bond donors (Lipinski definition) is 1. The molecule has 2 aromatic carbocycles. The number of anilines is 2. The van der Waals surface area contributed by atoms with Gasteiger partial charge in [0.2, 0.25) is 11.0 Å². The maximum absolute atomic E-state index is 13.0. The van der Waals surface area contributed by atoms with Crippen LogP contribution in [0.1, 0.15) is 16.1 Å². The van der Waals surface area contributed by atoms with Gasteiger partial charge in [0.15, 0.2) is 0 Å². The summed E-state index contributed by atoms with van der Waals surface area (Å²) in [6, 6.07) is 14.3. The second kappa shape index (κ2) is 7.21. The normalized spacial score (nSPS) is 12.9. The minimum absolute atomic E-state index is 0.0187. The molecule has 1 aliphatic rings. The molecular weight excluding hydrogens is 351 g/mol. The number of benzene rings is 2. The summed E-state index contributed by atoms with van der Waals surface area (Å²) < 4.78 is 13.0. The molecule has 132 valence electrons. The molecule has 0 fully saturated rings. The third-order valence-electron chi connectivity index (χ3n) is 4.31. The van der Waals surface area contributed by atoms with E-state index < -0.39 is 0 Å². The van der Waals surface area contributed by atoms with E-state index in [1.54, 1.807) is 12.1 Å². The molecule has 1 aromatic heterocycles. The lowest BCUT2D eigenvalue weighted by atomic mass is 10.2. The molecule has 0 radical (unpaired) electrons. The Morgan fingerprint density at radius 1 is 1.15 bits per heavy atom. The van der Waals surface area contributed by atoms with Crippen LogP contribution in [0.15, 0.2) is 48.5 Å². The Bertz CT molecular complexity index is 925. The number of carbonyl (C=O) groups is 1. The Morgan fingerprint density at radius 2 is 1.96 bits per heavy atom. The largest absolute Gasteiger partial charge is 0.351 e. The summed E-state index contributed by atoms with van der Waals surface area (Å²) in [6.45, 7) is 0.894. The first-order chi connectivity index (χ1) is 12.7. The van der Waals surface area contributed by atoms with Gasteiger partial charge in [0.05, 0.1) is 6.54 Å². The molecule has 0 spiro atoms. The highest BCUT2D eigenvalue weighted by Crippen LogP contribution is 2.27. The van der Waals surface area contributed by atoms with Crippen LogP contribution < -0.4 is 10.2 Å². The van der Waals surface area contributed by atoms with Gasteiger partial charge in [-0.2, -0.15) is 0 Å². The SMILES string of the molecule is O=C(CNc1nnc(Cc2ccc(F)cc2)s1)N1CCc2ccccc21. The monoisotopic (exact) mass is 368 g/mol. The minimum atomic E-state index is -0.254. The van der Waals surface area contributed by atoms with Crippen molar-refractivity contribution in [2.75, 3.05) is 23.3 Å². The fourth-order valence-electron chi connectivity index (χ4n) is 3.02. The zero-order chi connectivity index (χ0) is 17.9. The lowest BCUT2D eigenvalue weighted by Crippen LogP contribution is -2.34. The summed E-state index contributed by atoms with van der Waals surface area (Å²) in [4.78, 5) is 14.3. The van der Waals surface area contributed by atoms with Crippen LogP contribution in [0.4, 0.5) is 15.2 Å². The fourth-order valence-corrected chi connectivity index (χ4v) is 3.79. The summed E-state index contributed by atoms with van der Waals surface area (Å²) in [5.74, 6) is -0.236. The first-order valence-corrected chi connectivity index (χ1v) is 9.19. The first-order valence-electron chi connectivity index (χ1n) is 8.38. The summed E-state index contributed by atoms with van der Waals surface area (Å²) in [7, 11) is 0. The highest BCUT2D eigenvalue weighted by Gasteiger charge is 2.23. The second-order valence-electron chi connectivity index (χ2n) is 6.08. The van der Waals surface area contributed by atoms with Crippen molar-refractivity contribution in [2.24, 2.45) is 0 Å². The molecule has 26 heavy (non-hydrogen) atoms. The second-order valence-corrected chi connectivity index (χ2v) is 7.14. The van der Waals surface area contributed by atoms with Gasteiger partial charge in [-0.25, -0.2) is 4.39 Å². The van der Waals surface area contributed by atoms with E-state index in [2.05, 4.69) is 21.6 Å². The molecule has 0 unspecified atom stereocenters. The maximum atomic E-state index is 13.0. The Morgan fingerprint density at radius 3 is 2.81 bits per heavy atom. The summed E-state index contributed by atoms with van der Waals surface area (Å²) in [5.41, 5.74) is 3.17. The number of fused-ring (bicyclic) bond motifs is 1. The van der Waals surface area contributed by atoms with Gasteiger partial charge in [0, 0.05) is 18.7 Å². The van der Waals surface area contributed by atoms with Gasteiger partial charge in [-0.1, -0.05) is 41.7 Å². The molecule has 1 aliphatic heterocycles. The van der Waals surface area contributed by atoms with Crippen LogP contribution in [-0.4, -0.2) is 29.2 Å². The van der Waals surface area contributed by atoms with Crippen molar-refractivity contribution in [2.45, 2.75) is 12.8 Å². The third kappa shape index (κ3) is 3.57. The van der Waals surface area contributed by atoms with Crippen LogP contribution in [0.5, 0.6) is 0 Å². The summed E-state index contributed by atoms with van der Waals surface area (Å²) in [6.07, 6.45) is 1.48. The van der Waals surface area contributed by atoms with E-state index >= 15 is 0 Å². The number of rotatable bonds is 5. The van der Waals surface area contributed by atoms with Crippen molar-refractivity contribution in [3.05, 3.63) is 70.5 Å². The number of nitrogens with one attached hydrogen (secondary N) is 1. The smallest absolute Gasteiger partial charge is 0.246 e. The van der Waals surface area contributed by atoms with Gasteiger partial charge in [0.25, 0.3) is 0 Å². The number of nitrogens with zero attached hydrogens (tertiary/aromatic N) is 3. The quantitative estimate of drug-likeness (QED) is 0.751. The lowest BCUT2D eigenvalue weighted by Gasteiger charge is -2.17. The summed E-state index contributed by atoms with van der Waals surface area (Å²) in [5, 5.41) is 12.7. The Kier molecular flexibility index (Phi) is 4.62. The first kappa shape index (κ1) is 16.7. The van der Waals surface area contributed by atoms with Crippen molar-refractivity contribution >= 4 is 28.1 Å². The van der Waals surface area contributed by atoms with E-state index in [4.69, 9.17) is 0 Å². The number of hydrogen-bond acceptors (Lipinski definition) is 5. The van der Waals surface area contributed by atoms with E-state index in [1.165, 1.54) is 29.0 Å². The van der Waals surface area contributed by atoms with Crippen LogP contribution in [-0.2, 0) is 17.6 Å². The Balaban J connectivity index is 1.35. The van der Waals surface area contributed by atoms with Gasteiger partial charge < -0.3 is 10.2 Å². The number of halogens is 1. The van der Waals surface area contributed by atoms with Crippen LogP contribution in [0.2, 0.25) is 0 Å². The van der Waals surface area contributed by atoms with Gasteiger partial charge in [-0.3, -0.25) is 4.79 Å². The zero-order valence-corrected chi connectivity index (χ0v) is 14.8. The van der Waals surface area contributed by atoms with Gasteiger partial charge in [-0.05, 0) is 35.7 Å². The van der Waals surface area contributed by atoms with E-state index in [1.807, 2.05) is 23.1 Å². The van der Waals surface area contributed by atoms with Crippen molar-refractivity contribution in [3.8, 4) is 0 Å². The van der Waals surface area contributed by atoms with Crippen molar-refractivity contribution < 1.29 is 9.18 Å². The number of aromatic nitrogens is 2. The Hall–Kier alpha value is -2.80. The number of amides is 1. The van der Waals surface area contributed by atoms with Gasteiger partial charge in [0.1, 0.15) is 10.8 Å². The fraction of sp³-hybridized carbons (Fsp3) is 0.211. The molecule has 0 atom stereocenters. The zero-order valence-electron chi connectivity index (χ0n) is 14.0. The molecule has 1 N–H and O–H groups in total. The van der Waals surface area contributed by atoms with Crippen LogP contribution in [0, 0.1) is 5.82 Å². The molecule has 4 rings (SSSR count). The van der Waals surface area contributed by atoms with Crippen LogP contribution in [0.25, 0.3) is 0 Å². The predicted octanol–water partition coefficient (Wildman–Crippen LogP) is 3.27. The van der Waals surface area contributed by atoms with Crippen molar-refractivity contribution in [1.82, 2.24) is 10.2 Å². The third-order valence-corrected chi connectivity index (χ3v) is 5.20. The molecule has 0 saturated heterocycles. The molecule has 2 heterocycles. The maximum Gasteiger partial charge on any atom is 0.246 e. The minimum Gasteiger partial charge on any atom is -0.351 e. The van der Waals surface area contributed by atoms with Gasteiger partial charge >= 0.3 is 0 Å². The molecule has 7 heteroatoms. The van der Waals surface area contributed by atoms with E-state index in [0.29, 0.717) is 18.1 Å². The molecule has 0 aliphatic carbocycles. The average Bonchev–Trinajstić information content (AvgIpc) is 3.28. The van der Waals surface area contributed by atoms with E-state index in [-0.39, 0.29) is 18.3 Å². The Labute approximate surface area is 154 Å². The molecular formula is C19H17FN4OS. The standard InChI is InChI=1S/C19H17FN4OS/c20-15-7-5-13(6-8-15)11-17-22-23-19(26-17)21-12-18(25)24-10-9-14-3-1-2-4-16(14)24/h1-8H,9-12H2,(H,21,23). The molecule has 1 amide bonds. The van der Waals surface area contributed by atoms with Crippen molar-refractivity contribution in [1.29, 1.82) is 0 Å². The van der Waals surface area contributed by atoms with Crippen molar-refractivity contribution in [3.63, 3.8) is 0 Å². The highest BCUT2D eigenvalue weighted by atomic mass is 32.1. The van der Waals surface area contributed by atoms with E-state index in [9.17, 15) is 9.18 Å². The lowest BCUT2D eigenvalue weighted by molar-refractivity contribution is -0.116. The van der Waals surface area contributed by atoms with Crippen LogP contribution in [0.3, 0.4) is 0 Å². The topological polar surface area (TPSA) is 58.1 Å². The average molecular weight is 368 g/mol. The van der Waals surface area contributed by atoms with E-state index in [0.717, 1.165) is 22.7 Å².